The lowest BCUT2D eigenvalue weighted by Crippen LogP contribution is -2.28. The fraction of sp³-hybridized carbons (Fsp3) is 0.286. The van der Waals surface area contributed by atoms with Crippen molar-refractivity contribution in [1.82, 2.24) is 20.5 Å². The van der Waals surface area contributed by atoms with Crippen molar-refractivity contribution < 1.29 is 4.79 Å². The molecule has 110 valence electrons. The summed E-state index contributed by atoms with van der Waals surface area (Å²) < 4.78 is 0. The average molecular weight is 286 g/mol. The molecule has 0 unspecified atom stereocenters. The van der Waals surface area contributed by atoms with E-state index < -0.39 is 0 Å². The summed E-state index contributed by atoms with van der Waals surface area (Å²) in [6, 6.07) is 7.40. The van der Waals surface area contributed by atoms with Crippen molar-refractivity contribution in [3.05, 3.63) is 36.7 Å². The molecule has 0 bridgehead atoms. The van der Waals surface area contributed by atoms with Gasteiger partial charge in [-0.3, -0.25) is 9.78 Å². The van der Waals surface area contributed by atoms with E-state index in [0.717, 1.165) is 5.69 Å². The highest BCUT2D eigenvalue weighted by Crippen LogP contribution is 2.12. The summed E-state index contributed by atoms with van der Waals surface area (Å²) in [6.45, 7) is 2.99. The van der Waals surface area contributed by atoms with Crippen LogP contribution in [0.3, 0.4) is 0 Å². The zero-order valence-corrected chi connectivity index (χ0v) is 11.8. The van der Waals surface area contributed by atoms with Gasteiger partial charge in [-0.25, -0.2) is 0 Å². The molecule has 0 radical (unpaired) electrons. The number of hydrogen-bond acceptors (Lipinski definition) is 6. The van der Waals surface area contributed by atoms with Gasteiger partial charge in [0, 0.05) is 25.7 Å². The second kappa shape index (κ2) is 7.78. The summed E-state index contributed by atoms with van der Waals surface area (Å²) >= 11 is 0. The molecule has 0 aliphatic carbocycles. The zero-order chi connectivity index (χ0) is 14.9. The van der Waals surface area contributed by atoms with Crippen molar-refractivity contribution in [2.45, 2.75) is 13.3 Å². The third-order valence-corrected chi connectivity index (χ3v) is 2.67. The molecule has 21 heavy (non-hydrogen) atoms. The second-order valence-corrected chi connectivity index (χ2v) is 4.30. The topological polar surface area (TPSA) is 91.8 Å². The molecule has 2 heterocycles. The smallest absolute Gasteiger partial charge is 0.219 e. The quantitative estimate of drug-likeness (QED) is 0.669. The van der Waals surface area contributed by atoms with E-state index in [9.17, 15) is 4.79 Å². The van der Waals surface area contributed by atoms with Gasteiger partial charge in [-0.2, -0.15) is 0 Å². The fourth-order valence-electron chi connectivity index (χ4n) is 1.60. The number of amides is 1. The molecule has 3 N–H and O–H groups in total. The van der Waals surface area contributed by atoms with Gasteiger partial charge in [0.05, 0.1) is 11.9 Å². The average Bonchev–Trinajstić information content (AvgIpc) is 2.54. The Kier molecular flexibility index (Phi) is 5.45. The van der Waals surface area contributed by atoms with E-state index in [1.54, 1.807) is 12.4 Å². The maximum atomic E-state index is 11.1. The Labute approximate surface area is 123 Å². The van der Waals surface area contributed by atoms with Crippen LogP contribution in [0.5, 0.6) is 0 Å². The van der Waals surface area contributed by atoms with Gasteiger partial charge in [0.15, 0.2) is 5.82 Å². The first-order valence-electron chi connectivity index (χ1n) is 6.79. The van der Waals surface area contributed by atoms with E-state index in [-0.39, 0.29) is 5.91 Å². The van der Waals surface area contributed by atoms with Crippen LogP contribution in [0.4, 0.5) is 17.3 Å². The predicted octanol–water partition coefficient (Wildman–Crippen LogP) is 1.55. The van der Waals surface area contributed by atoms with Crippen LogP contribution in [0.15, 0.2) is 36.7 Å². The Morgan fingerprint density at radius 1 is 1.14 bits per heavy atom. The van der Waals surface area contributed by atoms with Crippen molar-refractivity contribution in [1.29, 1.82) is 0 Å². The monoisotopic (exact) mass is 286 g/mol. The molecule has 2 aromatic heterocycles. The lowest BCUT2D eigenvalue weighted by atomic mass is 10.4. The molecule has 0 aromatic carbocycles. The Hall–Kier alpha value is -2.70. The molecule has 0 aliphatic rings. The fourth-order valence-corrected chi connectivity index (χ4v) is 1.60. The lowest BCUT2D eigenvalue weighted by molar-refractivity contribution is -0.120. The molecule has 7 heteroatoms. The summed E-state index contributed by atoms with van der Waals surface area (Å²) in [6.07, 6.45) is 3.92. The van der Waals surface area contributed by atoms with Crippen molar-refractivity contribution in [2.75, 3.05) is 23.7 Å². The first-order chi connectivity index (χ1) is 10.3. The molecule has 0 spiro atoms. The van der Waals surface area contributed by atoms with Crippen LogP contribution in [-0.4, -0.2) is 34.2 Å². The summed E-state index contributed by atoms with van der Waals surface area (Å²) in [4.78, 5) is 15.1. The zero-order valence-electron chi connectivity index (χ0n) is 11.8. The summed E-state index contributed by atoms with van der Waals surface area (Å²) in [5.41, 5.74) is 0.856. The normalized spacial score (nSPS) is 9.95. The highest BCUT2D eigenvalue weighted by atomic mass is 16.1. The molecule has 1 amide bonds. The van der Waals surface area contributed by atoms with Crippen LogP contribution in [-0.2, 0) is 4.79 Å². The summed E-state index contributed by atoms with van der Waals surface area (Å²) in [5, 5.41) is 17.1. The van der Waals surface area contributed by atoms with E-state index in [2.05, 4.69) is 31.1 Å². The van der Waals surface area contributed by atoms with Crippen molar-refractivity contribution in [2.24, 2.45) is 0 Å². The number of rotatable bonds is 7. The molecule has 0 saturated heterocycles. The lowest BCUT2D eigenvalue weighted by Gasteiger charge is -2.07. The van der Waals surface area contributed by atoms with Crippen molar-refractivity contribution in [3.8, 4) is 0 Å². The minimum absolute atomic E-state index is 0.0407. The highest BCUT2D eigenvalue weighted by molar-refractivity contribution is 5.75. The van der Waals surface area contributed by atoms with Crippen LogP contribution >= 0.6 is 0 Å². The van der Waals surface area contributed by atoms with Gasteiger partial charge in [-0.1, -0.05) is 6.92 Å². The van der Waals surface area contributed by atoms with Crippen LogP contribution in [0, 0.1) is 0 Å². The molecule has 2 rings (SSSR count). The molecular formula is C14H18N6O. The number of nitrogens with one attached hydrogen (secondary N) is 3. The van der Waals surface area contributed by atoms with Gasteiger partial charge in [0.2, 0.25) is 5.91 Å². The SMILES string of the molecule is CCC(=O)NCCNc1ccc(Nc2cccnc2)nn1. The van der Waals surface area contributed by atoms with Crippen LogP contribution in [0.2, 0.25) is 0 Å². The minimum atomic E-state index is 0.0407. The number of nitrogens with zero attached hydrogens (tertiary/aromatic N) is 3. The third-order valence-electron chi connectivity index (χ3n) is 2.67. The van der Waals surface area contributed by atoms with Crippen LogP contribution in [0.25, 0.3) is 0 Å². The standard InChI is InChI=1S/C14H18N6O/c1-2-14(21)17-9-8-16-12-5-6-13(20-19-12)18-11-4-3-7-15-10-11/h3-7,10H,2,8-9H2,1H3,(H,16,19)(H,17,21)(H,18,20). The van der Waals surface area contributed by atoms with Gasteiger partial charge in [0.1, 0.15) is 5.82 Å². The van der Waals surface area contributed by atoms with Crippen molar-refractivity contribution in [3.63, 3.8) is 0 Å². The Bertz CT molecular complexity index is 557. The van der Waals surface area contributed by atoms with Gasteiger partial charge in [-0.05, 0) is 24.3 Å². The minimum Gasteiger partial charge on any atom is -0.367 e. The molecule has 0 atom stereocenters. The highest BCUT2D eigenvalue weighted by Gasteiger charge is 1.99. The van der Waals surface area contributed by atoms with Crippen LogP contribution < -0.4 is 16.0 Å². The Morgan fingerprint density at radius 3 is 2.62 bits per heavy atom. The second-order valence-electron chi connectivity index (χ2n) is 4.30. The van der Waals surface area contributed by atoms with E-state index >= 15 is 0 Å². The van der Waals surface area contributed by atoms with E-state index in [4.69, 9.17) is 0 Å². The van der Waals surface area contributed by atoms with Gasteiger partial charge < -0.3 is 16.0 Å². The van der Waals surface area contributed by atoms with E-state index in [1.807, 2.05) is 31.2 Å². The number of hydrogen-bond donors (Lipinski definition) is 3. The molecule has 2 aromatic rings. The molecule has 7 nitrogen and oxygen atoms in total. The van der Waals surface area contributed by atoms with Crippen molar-refractivity contribution >= 4 is 23.2 Å². The number of carbonyl (C=O) groups excluding carboxylic acids is 1. The molecule has 0 aliphatic heterocycles. The predicted molar refractivity (Wildman–Crippen MR) is 81.3 cm³/mol. The van der Waals surface area contributed by atoms with E-state index in [1.165, 1.54) is 0 Å². The largest absolute Gasteiger partial charge is 0.367 e. The summed E-state index contributed by atoms with van der Waals surface area (Å²) in [5.74, 6) is 1.35. The maximum Gasteiger partial charge on any atom is 0.219 e. The first-order valence-corrected chi connectivity index (χ1v) is 6.79. The Morgan fingerprint density at radius 2 is 1.95 bits per heavy atom. The Balaban J connectivity index is 1.78. The molecule has 0 fully saturated rings. The number of anilines is 3. The van der Waals surface area contributed by atoms with Gasteiger partial charge in [0.25, 0.3) is 0 Å². The molecule has 0 saturated carbocycles. The number of aromatic nitrogens is 3. The number of pyridine rings is 1. The summed E-state index contributed by atoms with van der Waals surface area (Å²) in [7, 11) is 0. The third kappa shape index (κ3) is 5.06. The van der Waals surface area contributed by atoms with E-state index in [0.29, 0.717) is 31.1 Å². The van der Waals surface area contributed by atoms with Gasteiger partial charge in [-0.15, -0.1) is 10.2 Å². The maximum absolute atomic E-state index is 11.1. The van der Waals surface area contributed by atoms with Gasteiger partial charge >= 0.3 is 0 Å². The molecular weight excluding hydrogens is 268 g/mol. The number of carbonyl (C=O) groups is 1. The first kappa shape index (κ1) is 14.7. The van der Waals surface area contributed by atoms with Crippen LogP contribution in [0.1, 0.15) is 13.3 Å².